The molecule has 0 spiro atoms. The average Bonchev–Trinajstić information content (AvgIpc) is 2.63. The minimum Gasteiger partial charge on any atom is -0.390 e. The molecule has 0 saturated heterocycles. The molecule has 0 aliphatic carbocycles. The van der Waals surface area contributed by atoms with Crippen LogP contribution in [0.15, 0.2) is 6.07 Å². The first-order valence-electron chi connectivity index (χ1n) is 5.64. The monoisotopic (exact) mass is 240 g/mol. The molecule has 2 atom stereocenters. The summed E-state index contributed by atoms with van der Waals surface area (Å²) in [5.74, 6) is -0.177. The molecule has 6 heteroatoms. The number of aliphatic hydroxyl groups excluding tert-OH is 1. The Morgan fingerprint density at radius 3 is 2.76 bits per heavy atom. The van der Waals surface area contributed by atoms with E-state index < -0.39 is 12.1 Å². The maximum atomic E-state index is 11.8. The van der Waals surface area contributed by atoms with Gasteiger partial charge in [-0.1, -0.05) is 0 Å². The summed E-state index contributed by atoms with van der Waals surface area (Å²) in [5.41, 5.74) is 7.07. The Morgan fingerprint density at radius 1 is 1.65 bits per heavy atom. The lowest BCUT2D eigenvalue weighted by Gasteiger charge is -2.15. The highest BCUT2D eigenvalue weighted by Crippen LogP contribution is 2.10. The van der Waals surface area contributed by atoms with E-state index in [9.17, 15) is 9.90 Å². The number of aliphatic hydroxyl groups is 1. The first-order valence-corrected chi connectivity index (χ1v) is 5.64. The van der Waals surface area contributed by atoms with E-state index in [1.165, 1.54) is 0 Å². The lowest BCUT2D eigenvalue weighted by Crippen LogP contribution is -2.39. The van der Waals surface area contributed by atoms with Gasteiger partial charge >= 0.3 is 0 Å². The first kappa shape index (κ1) is 13.7. The van der Waals surface area contributed by atoms with Gasteiger partial charge in [0.15, 0.2) is 0 Å². The smallest absolute Gasteiger partial charge is 0.244 e. The third kappa shape index (κ3) is 3.54. The zero-order valence-corrected chi connectivity index (χ0v) is 10.5. The number of amides is 1. The summed E-state index contributed by atoms with van der Waals surface area (Å²) < 4.78 is 1.67. The second-order valence-corrected chi connectivity index (χ2v) is 4.18. The fourth-order valence-electron chi connectivity index (χ4n) is 1.60. The maximum absolute atomic E-state index is 11.8. The predicted octanol–water partition coefficient (Wildman–Crippen LogP) is -0.503. The zero-order chi connectivity index (χ0) is 13.0. The van der Waals surface area contributed by atoms with Crippen LogP contribution in [0, 0.1) is 13.8 Å². The van der Waals surface area contributed by atoms with Crippen molar-refractivity contribution in [1.82, 2.24) is 15.1 Å². The number of nitrogens with two attached hydrogens (primary N) is 1. The van der Waals surface area contributed by atoms with Crippen molar-refractivity contribution < 1.29 is 9.90 Å². The molecule has 1 aromatic rings. The molecule has 0 aromatic carbocycles. The van der Waals surface area contributed by atoms with Gasteiger partial charge in [0, 0.05) is 18.8 Å². The lowest BCUT2D eigenvalue weighted by atomic mass is 10.3. The van der Waals surface area contributed by atoms with Crippen LogP contribution in [-0.4, -0.2) is 40.0 Å². The highest BCUT2D eigenvalue weighted by molar-refractivity contribution is 5.79. The SMILES string of the molecule is Cc1cc(C)n(C(C)C(=O)NCC(O)CN)n1. The van der Waals surface area contributed by atoms with Crippen LogP contribution in [0.25, 0.3) is 0 Å². The summed E-state index contributed by atoms with van der Waals surface area (Å²) in [7, 11) is 0. The van der Waals surface area contributed by atoms with Gasteiger partial charge in [0.1, 0.15) is 6.04 Å². The van der Waals surface area contributed by atoms with Gasteiger partial charge in [-0.05, 0) is 26.8 Å². The summed E-state index contributed by atoms with van der Waals surface area (Å²) in [6.45, 7) is 5.85. The van der Waals surface area contributed by atoms with Crippen LogP contribution < -0.4 is 11.1 Å². The van der Waals surface area contributed by atoms with E-state index in [2.05, 4.69) is 10.4 Å². The second kappa shape index (κ2) is 5.79. The molecule has 0 fully saturated rings. The number of rotatable bonds is 5. The Hall–Kier alpha value is -1.40. The van der Waals surface area contributed by atoms with Gasteiger partial charge in [-0.2, -0.15) is 5.10 Å². The van der Waals surface area contributed by atoms with Crippen molar-refractivity contribution >= 4 is 5.91 Å². The van der Waals surface area contributed by atoms with Crippen LogP contribution in [0.1, 0.15) is 24.4 Å². The summed E-state index contributed by atoms with van der Waals surface area (Å²) in [6, 6.07) is 1.52. The largest absolute Gasteiger partial charge is 0.390 e. The molecule has 2 unspecified atom stereocenters. The molecule has 4 N–H and O–H groups in total. The number of carbonyl (C=O) groups excluding carboxylic acids is 1. The second-order valence-electron chi connectivity index (χ2n) is 4.18. The van der Waals surface area contributed by atoms with E-state index in [1.54, 1.807) is 11.6 Å². The van der Waals surface area contributed by atoms with Crippen molar-refractivity contribution in [2.24, 2.45) is 5.73 Å². The van der Waals surface area contributed by atoms with Gasteiger partial charge in [-0.15, -0.1) is 0 Å². The van der Waals surface area contributed by atoms with E-state index in [0.29, 0.717) is 0 Å². The van der Waals surface area contributed by atoms with Gasteiger partial charge in [0.05, 0.1) is 11.8 Å². The molecule has 0 radical (unpaired) electrons. The topological polar surface area (TPSA) is 93.2 Å². The molecule has 1 rings (SSSR count). The minimum absolute atomic E-state index is 0.133. The standard InChI is InChI=1S/C11H20N4O2/c1-7-4-8(2)15(14-7)9(3)11(17)13-6-10(16)5-12/h4,9-10,16H,5-6,12H2,1-3H3,(H,13,17). The Morgan fingerprint density at radius 2 is 2.29 bits per heavy atom. The van der Waals surface area contributed by atoms with Gasteiger partial charge < -0.3 is 16.2 Å². The molecule has 1 aromatic heterocycles. The van der Waals surface area contributed by atoms with Gasteiger partial charge in [0.25, 0.3) is 0 Å². The summed E-state index contributed by atoms with van der Waals surface area (Å²) in [4.78, 5) is 11.8. The fraction of sp³-hybridized carbons (Fsp3) is 0.636. The molecular weight excluding hydrogens is 220 g/mol. The van der Waals surface area contributed by atoms with Gasteiger partial charge in [0.2, 0.25) is 5.91 Å². The Bertz CT molecular complexity index is 389. The summed E-state index contributed by atoms with van der Waals surface area (Å²) in [6.07, 6.45) is -0.702. The van der Waals surface area contributed by atoms with Crippen LogP contribution >= 0.6 is 0 Å². The lowest BCUT2D eigenvalue weighted by molar-refractivity contribution is -0.124. The summed E-state index contributed by atoms with van der Waals surface area (Å²) >= 11 is 0. The number of carbonyl (C=O) groups is 1. The van der Waals surface area contributed by atoms with Crippen LogP contribution in [-0.2, 0) is 4.79 Å². The van der Waals surface area contributed by atoms with Crippen molar-refractivity contribution in [1.29, 1.82) is 0 Å². The number of nitrogens with zero attached hydrogens (tertiary/aromatic N) is 2. The number of nitrogens with one attached hydrogen (secondary N) is 1. The molecule has 0 saturated carbocycles. The van der Waals surface area contributed by atoms with Crippen molar-refractivity contribution in [2.45, 2.75) is 32.9 Å². The average molecular weight is 240 g/mol. The Balaban J connectivity index is 2.61. The van der Waals surface area contributed by atoms with Crippen molar-refractivity contribution in [3.63, 3.8) is 0 Å². The fourth-order valence-corrected chi connectivity index (χ4v) is 1.60. The number of hydrogen-bond donors (Lipinski definition) is 3. The molecule has 1 heterocycles. The molecule has 0 aliphatic heterocycles. The predicted molar refractivity (Wildman–Crippen MR) is 64.5 cm³/mol. The molecule has 6 nitrogen and oxygen atoms in total. The quantitative estimate of drug-likeness (QED) is 0.646. The third-order valence-electron chi connectivity index (χ3n) is 2.57. The van der Waals surface area contributed by atoms with Gasteiger partial charge in [-0.25, -0.2) is 0 Å². The van der Waals surface area contributed by atoms with Gasteiger partial charge in [-0.3, -0.25) is 9.48 Å². The van der Waals surface area contributed by atoms with Crippen LogP contribution in [0.3, 0.4) is 0 Å². The molecule has 0 bridgehead atoms. The Labute approximate surface area is 101 Å². The van der Waals surface area contributed by atoms with Crippen LogP contribution in [0.4, 0.5) is 0 Å². The highest BCUT2D eigenvalue weighted by atomic mass is 16.3. The van der Waals surface area contributed by atoms with E-state index in [4.69, 9.17) is 5.73 Å². The zero-order valence-electron chi connectivity index (χ0n) is 10.5. The van der Waals surface area contributed by atoms with E-state index in [-0.39, 0.29) is 19.0 Å². The van der Waals surface area contributed by atoms with E-state index >= 15 is 0 Å². The molecule has 17 heavy (non-hydrogen) atoms. The van der Waals surface area contributed by atoms with Crippen molar-refractivity contribution in [2.75, 3.05) is 13.1 Å². The van der Waals surface area contributed by atoms with Crippen molar-refractivity contribution in [3.8, 4) is 0 Å². The molecule has 0 aliphatic rings. The van der Waals surface area contributed by atoms with Crippen LogP contribution in [0.2, 0.25) is 0 Å². The molecular formula is C11H20N4O2. The highest BCUT2D eigenvalue weighted by Gasteiger charge is 2.18. The third-order valence-corrected chi connectivity index (χ3v) is 2.57. The number of hydrogen-bond acceptors (Lipinski definition) is 4. The summed E-state index contributed by atoms with van der Waals surface area (Å²) in [5, 5.41) is 16.1. The molecule has 1 amide bonds. The number of aromatic nitrogens is 2. The maximum Gasteiger partial charge on any atom is 0.244 e. The van der Waals surface area contributed by atoms with Crippen molar-refractivity contribution in [3.05, 3.63) is 17.5 Å². The number of aryl methyl sites for hydroxylation is 2. The van der Waals surface area contributed by atoms with E-state index in [0.717, 1.165) is 11.4 Å². The van der Waals surface area contributed by atoms with E-state index in [1.807, 2.05) is 19.9 Å². The molecule has 96 valence electrons. The normalized spacial score (nSPS) is 14.4. The Kier molecular flexibility index (Phi) is 4.65. The minimum atomic E-state index is -0.702. The van der Waals surface area contributed by atoms with Crippen LogP contribution in [0.5, 0.6) is 0 Å². The first-order chi connectivity index (χ1) is 7.95.